The zero-order valence-corrected chi connectivity index (χ0v) is 8.47. The number of benzene rings is 1. The summed E-state index contributed by atoms with van der Waals surface area (Å²) in [4.78, 5) is 10.8. The molecule has 1 atom stereocenters. The van der Waals surface area contributed by atoms with Crippen LogP contribution < -0.4 is 0 Å². The second kappa shape index (κ2) is 5.07. The van der Waals surface area contributed by atoms with Gasteiger partial charge in [0.15, 0.2) is 11.6 Å². The van der Waals surface area contributed by atoms with Crippen molar-refractivity contribution in [2.24, 2.45) is 0 Å². The van der Waals surface area contributed by atoms with Crippen molar-refractivity contribution < 1.29 is 18.7 Å². The number of alkyl halides is 1. The molecule has 5 heteroatoms. The average Bonchev–Trinajstić information content (AvgIpc) is 2.18. The van der Waals surface area contributed by atoms with Crippen molar-refractivity contribution in [2.75, 3.05) is 5.88 Å². The van der Waals surface area contributed by atoms with Crippen LogP contribution in [-0.4, -0.2) is 17.0 Å². The third-order valence-electron chi connectivity index (χ3n) is 2.04. The molecule has 0 saturated carbocycles. The van der Waals surface area contributed by atoms with Gasteiger partial charge in [-0.1, -0.05) is 6.07 Å². The highest BCUT2D eigenvalue weighted by molar-refractivity contribution is 6.18. The molecule has 0 heterocycles. The van der Waals surface area contributed by atoms with Crippen LogP contribution in [0.15, 0.2) is 18.2 Å². The number of aliphatic carboxylic acids is 1. The molecule has 0 amide bonds. The Bertz CT molecular complexity index is 368. The molecule has 0 radical (unpaired) electrons. The Morgan fingerprint density at radius 2 is 2.07 bits per heavy atom. The lowest BCUT2D eigenvalue weighted by molar-refractivity contribution is -0.138. The molecule has 0 saturated heterocycles. The van der Waals surface area contributed by atoms with Crippen LogP contribution in [0.2, 0.25) is 0 Å². The monoisotopic (exact) mass is 234 g/mol. The highest BCUT2D eigenvalue weighted by atomic mass is 35.5. The van der Waals surface area contributed by atoms with Gasteiger partial charge in [0, 0.05) is 5.88 Å². The van der Waals surface area contributed by atoms with E-state index in [-0.39, 0.29) is 17.9 Å². The summed E-state index contributed by atoms with van der Waals surface area (Å²) in [6, 6.07) is 3.05. The summed E-state index contributed by atoms with van der Waals surface area (Å²) in [6.45, 7) is 0. The van der Waals surface area contributed by atoms with Crippen molar-refractivity contribution in [3.05, 3.63) is 35.4 Å². The standard InChI is InChI=1S/C10H9ClF2O2/c11-4-3-7(10(14)15)6-1-2-8(12)9(13)5-6/h1-2,5,7H,3-4H2,(H,14,15). The molecule has 0 fully saturated rings. The summed E-state index contributed by atoms with van der Waals surface area (Å²) in [5, 5.41) is 8.84. The molecule has 1 rings (SSSR count). The van der Waals surface area contributed by atoms with E-state index >= 15 is 0 Å². The number of rotatable bonds is 4. The molecule has 15 heavy (non-hydrogen) atoms. The fraction of sp³-hybridized carbons (Fsp3) is 0.300. The average molecular weight is 235 g/mol. The maximum Gasteiger partial charge on any atom is 0.311 e. The van der Waals surface area contributed by atoms with Crippen molar-refractivity contribution in [3.63, 3.8) is 0 Å². The molecular weight excluding hydrogens is 226 g/mol. The van der Waals surface area contributed by atoms with Gasteiger partial charge in [-0.15, -0.1) is 11.6 Å². The van der Waals surface area contributed by atoms with Gasteiger partial charge in [-0.3, -0.25) is 4.79 Å². The van der Waals surface area contributed by atoms with Crippen molar-refractivity contribution in [1.29, 1.82) is 0 Å². The van der Waals surface area contributed by atoms with E-state index in [1.54, 1.807) is 0 Å². The fourth-order valence-electron chi connectivity index (χ4n) is 1.27. The van der Waals surface area contributed by atoms with E-state index < -0.39 is 23.5 Å². The van der Waals surface area contributed by atoms with Gasteiger partial charge < -0.3 is 5.11 Å². The Balaban J connectivity index is 3.01. The Kier molecular flexibility index (Phi) is 4.03. The third kappa shape index (κ3) is 2.89. The Labute approximate surface area is 90.5 Å². The van der Waals surface area contributed by atoms with Crippen molar-refractivity contribution in [1.82, 2.24) is 0 Å². The quantitative estimate of drug-likeness (QED) is 0.814. The van der Waals surface area contributed by atoms with Gasteiger partial charge in [-0.2, -0.15) is 0 Å². The summed E-state index contributed by atoms with van der Waals surface area (Å²) in [5.41, 5.74) is 0.224. The van der Waals surface area contributed by atoms with E-state index in [4.69, 9.17) is 16.7 Å². The van der Waals surface area contributed by atoms with Gasteiger partial charge in [-0.25, -0.2) is 8.78 Å². The molecule has 0 aromatic heterocycles. The van der Waals surface area contributed by atoms with Gasteiger partial charge in [0.05, 0.1) is 5.92 Å². The van der Waals surface area contributed by atoms with E-state index in [2.05, 4.69) is 0 Å². The molecule has 0 bridgehead atoms. The zero-order valence-electron chi connectivity index (χ0n) is 7.71. The van der Waals surface area contributed by atoms with Gasteiger partial charge in [0.1, 0.15) is 0 Å². The predicted octanol–water partition coefficient (Wildman–Crippen LogP) is 2.76. The minimum Gasteiger partial charge on any atom is -0.481 e. The van der Waals surface area contributed by atoms with Crippen LogP contribution in [0.25, 0.3) is 0 Å². The first-order valence-electron chi connectivity index (χ1n) is 4.30. The van der Waals surface area contributed by atoms with E-state index in [9.17, 15) is 13.6 Å². The van der Waals surface area contributed by atoms with Crippen LogP contribution >= 0.6 is 11.6 Å². The molecule has 1 N–H and O–H groups in total. The number of carboxylic acids is 1. The first kappa shape index (κ1) is 11.9. The van der Waals surface area contributed by atoms with E-state index in [0.717, 1.165) is 12.1 Å². The van der Waals surface area contributed by atoms with E-state index in [0.29, 0.717) is 0 Å². The van der Waals surface area contributed by atoms with Crippen molar-refractivity contribution in [3.8, 4) is 0 Å². The molecule has 0 aliphatic rings. The summed E-state index contributed by atoms with van der Waals surface area (Å²) in [6.07, 6.45) is 0.183. The maximum absolute atomic E-state index is 12.8. The van der Waals surface area contributed by atoms with Crippen molar-refractivity contribution >= 4 is 17.6 Å². The van der Waals surface area contributed by atoms with E-state index in [1.807, 2.05) is 0 Å². The lowest BCUT2D eigenvalue weighted by Gasteiger charge is -2.10. The van der Waals surface area contributed by atoms with Crippen molar-refractivity contribution in [2.45, 2.75) is 12.3 Å². The van der Waals surface area contributed by atoms with E-state index in [1.165, 1.54) is 6.07 Å². The summed E-state index contributed by atoms with van der Waals surface area (Å²) in [5.74, 6) is -3.88. The van der Waals surface area contributed by atoms with Crippen LogP contribution in [0.3, 0.4) is 0 Å². The number of hydrogen-bond acceptors (Lipinski definition) is 1. The molecule has 0 aliphatic carbocycles. The predicted molar refractivity (Wildman–Crippen MR) is 52.1 cm³/mol. The molecule has 82 valence electrons. The van der Waals surface area contributed by atoms with Gasteiger partial charge in [-0.05, 0) is 24.1 Å². The molecule has 0 spiro atoms. The first-order chi connectivity index (χ1) is 7.06. The lowest BCUT2D eigenvalue weighted by Crippen LogP contribution is -2.12. The Morgan fingerprint density at radius 3 is 2.53 bits per heavy atom. The van der Waals surface area contributed by atoms with Crippen LogP contribution in [-0.2, 0) is 4.79 Å². The minimum atomic E-state index is -1.10. The van der Waals surface area contributed by atoms with Gasteiger partial charge >= 0.3 is 5.97 Å². The topological polar surface area (TPSA) is 37.3 Å². The summed E-state index contributed by atoms with van der Waals surface area (Å²) < 4.78 is 25.4. The largest absolute Gasteiger partial charge is 0.481 e. The number of carbonyl (C=O) groups is 1. The highest BCUT2D eigenvalue weighted by Crippen LogP contribution is 2.22. The first-order valence-corrected chi connectivity index (χ1v) is 4.83. The Hall–Kier alpha value is -1.16. The Morgan fingerprint density at radius 1 is 1.40 bits per heavy atom. The maximum atomic E-state index is 12.8. The number of carboxylic acid groups (broad SMARTS) is 1. The molecule has 1 aromatic carbocycles. The molecule has 1 aromatic rings. The van der Waals surface area contributed by atoms with Gasteiger partial charge in [0.25, 0.3) is 0 Å². The fourth-order valence-corrected chi connectivity index (χ4v) is 1.49. The van der Waals surface area contributed by atoms with Crippen LogP contribution in [0.1, 0.15) is 17.9 Å². The second-order valence-corrected chi connectivity index (χ2v) is 3.42. The number of hydrogen-bond donors (Lipinski definition) is 1. The highest BCUT2D eigenvalue weighted by Gasteiger charge is 2.20. The molecule has 1 unspecified atom stereocenters. The molecule has 0 aliphatic heterocycles. The third-order valence-corrected chi connectivity index (χ3v) is 2.26. The smallest absolute Gasteiger partial charge is 0.311 e. The SMILES string of the molecule is O=C(O)C(CCCl)c1ccc(F)c(F)c1. The van der Waals surface area contributed by atoms with Crippen LogP contribution in [0.5, 0.6) is 0 Å². The van der Waals surface area contributed by atoms with Crippen LogP contribution in [0, 0.1) is 11.6 Å². The molecule has 2 nitrogen and oxygen atoms in total. The molecular formula is C10H9ClF2O2. The second-order valence-electron chi connectivity index (χ2n) is 3.04. The van der Waals surface area contributed by atoms with Gasteiger partial charge in [0.2, 0.25) is 0 Å². The summed E-state index contributed by atoms with van der Waals surface area (Å²) >= 11 is 5.43. The van der Waals surface area contributed by atoms with Crippen LogP contribution in [0.4, 0.5) is 8.78 Å². The lowest BCUT2D eigenvalue weighted by atomic mass is 9.96. The minimum absolute atomic E-state index is 0.149. The number of halogens is 3. The zero-order chi connectivity index (χ0) is 11.4. The normalized spacial score (nSPS) is 12.5. The summed E-state index contributed by atoms with van der Waals surface area (Å²) in [7, 11) is 0.